The van der Waals surface area contributed by atoms with Crippen LogP contribution in [0.25, 0.3) is 0 Å². The van der Waals surface area contributed by atoms with Crippen molar-refractivity contribution in [2.75, 3.05) is 5.32 Å². The molecule has 5 nitrogen and oxygen atoms in total. The number of thiazole rings is 1. The van der Waals surface area contributed by atoms with Crippen molar-refractivity contribution >= 4 is 45.3 Å². The van der Waals surface area contributed by atoms with Crippen LogP contribution in [0.5, 0.6) is 0 Å². The molecule has 0 fully saturated rings. The molecule has 0 aliphatic rings. The first-order chi connectivity index (χ1) is 11.3. The van der Waals surface area contributed by atoms with E-state index in [9.17, 15) is 4.79 Å². The van der Waals surface area contributed by atoms with Crippen LogP contribution in [0, 0.1) is 27.7 Å². The second-order valence-electron chi connectivity index (χ2n) is 5.58. The van der Waals surface area contributed by atoms with E-state index < -0.39 is 0 Å². The molecule has 0 bridgehead atoms. The Kier molecular flexibility index (Phi) is 4.76. The van der Waals surface area contributed by atoms with Gasteiger partial charge >= 0.3 is 0 Å². The fourth-order valence-electron chi connectivity index (χ4n) is 2.26. The quantitative estimate of drug-likeness (QED) is 0.720. The summed E-state index contributed by atoms with van der Waals surface area (Å²) in [6, 6.07) is 1.89. The van der Waals surface area contributed by atoms with Crippen LogP contribution >= 0.6 is 34.3 Å². The highest BCUT2D eigenvalue weighted by atomic mass is 35.5. The van der Waals surface area contributed by atoms with E-state index in [0.29, 0.717) is 21.6 Å². The SMILES string of the molecule is Cc1nc(NC(=O)c2cc(Cn3nc(C)c(Cl)c3C)cs2)sc1C. The Labute approximate surface area is 153 Å². The fraction of sp³-hybridized carbons (Fsp3) is 0.312. The maximum Gasteiger partial charge on any atom is 0.267 e. The van der Waals surface area contributed by atoms with Crippen molar-refractivity contribution in [1.29, 1.82) is 0 Å². The summed E-state index contributed by atoms with van der Waals surface area (Å²) in [6.45, 7) is 8.35. The molecule has 0 spiro atoms. The van der Waals surface area contributed by atoms with Gasteiger partial charge in [0.2, 0.25) is 0 Å². The maximum absolute atomic E-state index is 12.3. The van der Waals surface area contributed by atoms with Crippen molar-refractivity contribution < 1.29 is 4.79 Å². The van der Waals surface area contributed by atoms with E-state index in [1.165, 1.54) is 22.7 Å². The highest BCUT2D eigenvalue weighted by Crippen LogP contribution is 2.24. The Morgan fingerprint density at radius 1 is 1.29 bits per heavy atom. The summed E-state index contributed by atoms with van der Waals surface area (Å²) < 4.78 is 1.86. The van der Waals surface area contributed by atoms with E-state index in [0.717, 1.165) is 27.5 Å². The number of aryl methyl sites for hydroxylation is 3. The molecule has 0 unspecified atom stereocenters. The van der Waals surface area contributed by atoms with E-state index >= 15 is 0 Å². The molecule has 1 N–H and O–H groups in total. The lowest BCUT2D eigenvalue weighted by atomic mass is 10.3. The third kappa shape index (κ3) is 3.38. The summed E-state index contributed by atoms with van der Waals surface area (Å²) in [5.41, 5.74) is 3.72. The molecule has 3 aromatic heterocycles. The van der Waals surface area contributed by atoms with Crippen LogP contribution in [-0.2, 0) is 6.54 Å². The molecule has 3 heterocycles. The molecule has 0 aliphatic heterocycles. The van der Waals surface area contributed by atoms with Crippen molar-refractivity contribution in [3.8, 4) is 0 Å². The molecule has 0 saturated carbocycles. The summed E-state index contributed by atoms with van der Waals surface area (Å²) in [5.74, 6) is -0.133. The van der Waals surface area contributed by atoms with Gasteiger partial charge in [-0.2, -0.15) is 5.10 Å². The van der Waals surface area contributed by atoms with E-state index in [1.807, 2.05) is 43.8 Å². The van der Waals surface area contributed by atoms with Gasteiger partial charge in [0, 0.05) is 4.88 Å². The molecule has 1 amide bonds. The van der Waals surface area contributed by atoms with E-state index in [-0.39, 0.29) is 5.91 Å². The molecule has 0 atom stereocenters. The van der Waals surface area contributed by atoms with Crippen molar-refractivity contribution in [3.63, 3.8) is 0 Å². The molecule has 126 valence electrons. The second kappa shape index (κ2) is 6.66. The number of halogens is 1. The van der Waals surface area contributed by atoms with Crippen LogP contribution < -0.4 is 5.32 Å². The van der Waals surface area contributed by atoms with Crippen LogP contribution in [0.2, 0.25) is 5.02 Å². The van der Waals surface area contributed by atoms with Crippen LogP contribution in [0.3, 0.4) is 0 Å². The first kappa shape index (κ1) is 17.1. The van der Waals surface area contributed by atoms with Gasteiger partial charge in [-0.15, -0.1) is 22.7 Å². The predicted molar refractivity (Wildman–Crippen MR) is 99.7 cm³/mol. The lowest BCUT2D eigenvalue weighted by molar-refractivity contribution is 0.103. The van der Waals surface area contributed by atoms with Gasteiger partial charge in [0.05, 0.1) is 33.5 Å². The average Bonchev–Trinajstić information content (AvgIpc) is 3.17. The highest BCUT2D eigenvalue weighted by Gasteiger charge is 2.14. The van der Waals surface area contributed by atoms with Crippen molar-refractivity contribution in [2.45, 2.75) is 34.2 Å². The summed E-state index contributed by atoms with van der Waals surface area (Å²) in [7, 11) is 0. The van der Waals surface area contributed by atoms with Gasteiger partial charge in [0.15, 0.2) is 5.13 Å². The Balaban J connectivity index is 1.72. The molecule has 0 saturated heterocycles. The van der Waals surface area contributed by atoms with Gasteiger partial charge < -0.3 is 0 Å². The van der Waals surface area contributed by atoms with Crippen LogP contribution in [0.15, 0.2) is 11.4 Å². The lowest BCUT2D eigenvalue weighted by Crippen LogP contribution is -2.10. The van der Waals surface area contributed by atoms with Gasteiger partial charge in [-0.3, -0.25) is 14.8 Å². The number of anilines is 1. The number of nitrogens with one attached hydrogen (secondary N) is 1. The lowest BCUT2D eigenvalue weighted by Gasteiger charge is -2.02. The Bertz CT molecular complexity index is 890. The average molecular weight is 381 g/mol. The monoisotopic (exact) mass is 380 g/mol. The molecular weight excluding hydrogens is 364 g/mol. The smallest absolute Gasteiger partial charge is 0.267 e. The van der Waals surface area contributed by atoms with Crippen molar-refractivity contribution in [2.24, 2.45) is 0 Å². The summed E-state index contributed by atoms with van der Waals surface area (Å²) >= 11 is 9.08. The Morgan fingerprint density at radius 2 is 2.04 bits per heavy atom. The third-order valence-corrected chi connectivity index (χ3v) is 6.27. The fourth-order valence-corrected chi connectivity index (χ4v) is 4.01. The zero-order valence-electron chi connectivity index (χ0n) is 13.8. The molecule has 0 aromatic carbocycles. The maximum atomic E-state index is 12.3. The first-order valence-corrected chi connectivity index (χ1v) is 9.45. The topological polar surface area (TPSA) is 59.8 Å². The second-order valence-corrected chi connectivity index (χ2v) is 8.07. The molecule has 8 heteroatoms. The number of thiophene rings is 1. The summed E-state index contributed by atoms with van der Waals surface area (Å²) in [5, 5.41) is 10.6. The zero-order chi connectivity index (χ0) is 17.4. The number of amides is 1. The molecule has 0 radical (unpaired) electrons. The van der Waals surface area contributed by atoms with Crippen LogP contribution in [0.4, 0.5) is 5.13 Å². The standard InChI is InChI=1S/C16H17ClN4OS2/c1-8-11(4)24-16(18-8)19-15(22)13-5-12(7-23-13)6-21-10(3)14(17)9(2)20-21/h5,7H,6H2,1-4H3,(H,18,19,22). The van der Waals surface area contributed by atoms with E-state index in [2.05, 4.69) is 15.4 Å². The van der Waals surface area contributed by atoms with Crippen LogP contribution in [-0.4, -0.2) is 20.7 Å². The minimum absolute atomic E-state index is 0.133. The molecule has 3 aromatic rings. The number of carbonyl (C=O) groups is 1. The normalized spacial score (nSPS) is 11.0. The largest absolute Gasteiger partial charge is 0.297 e. The number of carbonyl (C=O) groups excluding carboxylic acids is 1. The highest BCUT2D eigenvalue weighted by molar-refractivity contribution is 7.16. The summed E-state index contributed by atoms with van der Waals surface area (Å²) in [4.78, 5) is 18.5. The van der Waals surface area contributed by atoms with Gasteiger partial charge in [-0.1, -0.05) is 11.6 Å². The van der Waals surface area contributed by atoms with Crippen molar-refractivity contribution in [3.05, 3.63) is 48.9 Å². The molecular formula is C16H17ClN4OS2. The van der Waals surface area contributed by atoms with E-state index in [4.69, 9.17) is 11.6 Å². The zero-order valence-corrected chi connectivity index (χ0v) is 16.2. The Hall–Kier alpha value is -1.70. The van der Waals surface area contributed by atoms with Gasteiger partial charge in [0.25, 0.3) is 5.91 Å². The van der Waals surface area contributed by atoms with Gasteiger partial charge in [-0.05, 0) is 44.7 Å². The molecule has 3 rings (SSSR count). The van der Waals surface area contributed by atoms with Gasteiger partial charge in [0.1, 0.15) is 0 Å². The number of hydrogen-bond donors (Lipinski definition) is 1. The van der Waals surface area contributed by atoms with Crippen LogP contribution in [0.1, 0.15) is 37.2 Å². The minimum atomic E-state index is -0.133. The predicted octanol–water partition coefficient (Wildman–Crippen LogP) is 4.59. The van der Waals surface area contributed by atoms with Crippen molar-refractivity contribution in [1.82, 2.24) is 14.8 Å². The summed E-state index contributed by atoms with van der Waals surface area (Å²) in [6.07, 6.45) is 0. The number of hydrogen-bond acceptors (Lipinski definition) is 5. The molecule has 24 heavy (non-hydrogen) atoms. The van der Waals surface area contributed by atoms with E-state index in [1.54, 1.807) is 0 Å². The first-order valence-electron chi connectivity index (χ1n) is 7.37. The number of nitrogens with zero attached hydrogens (tertiary/aromatic N) is 3. The number of aromatic nitrogens is 3. The molecule has 0 aliphatic carbocycles. The van der Waals surface area contributed by atoms with Gasteiger partial charge in [-0.25, -0.2) is 4.98 Å². The Morgan fingerprint density at radius 3 is 2.62 bits per heavy atom. The number of rotatable bonds is 4. The third-order valence-electron chi connectivity index (χ3n) is 3.75. The minimum Gasteiger partial charge on any atom is -0.297 e.